The van der Waals surface area contributed by atoms with Crippen LogP contribution < -0.4 is 21.1 Å². The first kappa shape index (κ1) is 27.1. The molecule has 1 saturated carbocycles. The number of nitrogens with one attached hydrogen (secondary N) is 2. The SMILES string of the molecule is Cn1nc(N2CCC[C@@H](NC(=O)c3cc4c(s3)[C@@H]3CC[C@H]4C3)C2)cc(Nc2ccc(C(=O)N3CCOCC3)cn2)c1=O. The van der Waals surface area contributed by atoms with Gasteiger partial charge in [0.25, 0.3) is 17.4 Å². The second kappa shape index (κ2) is 11.1. The molecule has 4 aliphatic rings. The van der Waals surface area contributed by atoms with E-state index in [9.17, 15) is 14.4 Å². The summed E-state index contributed by atoms with van der Waals surface area (Å²) in [5.41, 5.74) is 1.97. The van der Waals surface area contributed by atoms with Crippen LogP contribution in [0.1, 0.15) is 74.4 Å². The van der Waals surface area contributed by atoms with E-state index in [0.717, 1.165) is 24.3 Å². The summed E-state index contributed by atoms with van der Waals surface area (Å²) in [6, 6.07) is 7.27. The van der Waals surface area contributed by atoms with Crippen molar-refractivity contribution in [2.45, 2.75) is 50.0 Å². The first-order valence-electron chi connectivity index (χ1n) is 14.8. The lowest BCUT2D eigenvalue weighted by Gasteiger charge is -2.34. The van der Waals surface area contributed by atoms with Gasteiger partial charge in [-0.3, -0.25) is 14.4 Å². The molecule has 0 spiro atoms. The number of hydrogen-bond acceptors (Lipinski definition) is 9. The van der Waals surface area contributed by atoms with E-state index < -0.39 is 0 Å². The number of anilines is 3. The third-order valence-corrected chi connectivity index (χ3v) is 10.3. The smallest absolute Gasteiger partial charge is 0.290 e. The third-order valence-electron chi connectivity index (χ3n) is 8.96. The average molecular weight is 590 g/mol. The van der Waals surface area contributed by atoms with Crippen LogP contribution in [-0.2, 0) is 11.8 Å². The van der Waals surface area contributed by atoms with E-state index in [4.69, 9.17) is 4.74 Å². The van der Waals surface area contributed by atoms with Gasteiger partial charge < -0.3 is 25.2 Å². The Bertz CT molecular complexity index is 1540. The van der Waals surface area contributed by atoms with Crippen LogP contribution in [0.15, 0.2) is 35.3 Å². The molecule has 2 aliphatic carbocycles. The zero-order chi connectivity index (χ0) is 28.8. The molecule has 42 heavy (non-hydrogen) atoms. The van der Waals surface area contributed by atoms with E-state index in [1.165, 1.54) is 40.6 Å². The molecule has 0 aromatic carbocycles. The molecule has 3 aromatic heterocycles. The number of fused-ring (bicyclic) bond motifs is 5. The molecule has 220 valence electrons. The average Bonchev–Trinajstić information content (AvgIpc) is 3.75. The van der Waals surface area contributed by atoms with Gasteiger partial charge in [-0.15, -0.1) is 11.3 Å². The molecule has 2 aliphatic heterocycles. The summed E-state index contributed by atoms with van der Waals surface area (Å²) in [6.07, 6.45) is 7.11. The number of aromatic nitrogens is 3. The molecule has 0 unspecified atom stereocenters. The summed E-state index contributed by atoms with van der Waals surface area (Å²) in [6.45, 7) is 3.59. The lowest BCUT2D eigenvalue weighted by molar-refractivity contribution is 0.0302. The zero-order valence-corrected chi connectivity index (χ0v) is 24.5. The maximum atomic E-state index is 13.2. The lowest BCUT2D eigenvalue weighted by atomic mass is 9.99. The van der Waals surface area contributed by atoms with Crippen LogP contribution in [0.2, 0.25) is 0 Å². The van der Waals surface area contributed by atoms with Crippen LogP contribution in [0, 0.1) is 0 Å². The van der Waals surface area contributed by atoms with Crippen molar-refractivity contribution in [3.05, 3.63) is 61.7 Å². The Morgan fingerprint density at radius 2 is 1.90 bits per heavy atom. The highest BCUT2D eigenvalue weighted by molar-refractivity contribution is 7.14. The molecule has 0 radical (unpaired) electrons. The quantitative estimate of drug-likeness (QED) is 0.450. The Morgan fingerprint density at radius 3 is 2.69 bits per heavy atom. The number of nitrogens with zero attached hydrogens (tertiary/aromatic N) is 5. The molecule has 7 rings (SSSR count). The van der Waals surface area contributed by atoms with Gasteiger partial charge in [0.2, 0.25) is 0 Å². The number of carbonyl (C=O) groups excluding carboxylic acids is 2. The minimum atomic E-state index is -0.282. The summed E-state index contributed by atoms with van der Waals surface area (Å²) >= 11 is 1.68. The number of thiophene rings is 1. The number of amides is 2. The number of rotatable bonds is 6. The van der Waals surface area contributed by atoms with Crippen molar-refractivity contribution in [2.75, 3.05) is 49.6 Å². The Morgan fingerprint density at radius 1 is 1.07 bits per heavy atom. The molecule has 3 fully saturated rings. The Labute approximate surface area is 247 Å². The topological polar surface area (TPSA) is 122 Å². The van der Waals surface area contributed by atoms with E-state index >= 15 is 0 Å². The van der Waals surface area contributed by atoms with Gasteiger partial charge in [-0.1, -0.05) is 0 Å². The summed E-state index contributed by atoms with van der Waals surface area (Å²) in [5.74, 6) is 2.36. The van der Waals surface area contributed by atoms with Crippen LogP contribution in [0.25, 0.3) is 0 Å². The first-order valence-corrected chi connectivity index (χ1v) is 15.6. The summed E-state index contributed by atoms with van der Waals surface area (Å²) < 4.78 is 6.64. The first-order chi connectivity index (χ1) is 20.4. The van der Waals surface area contributed by atoms with Gasteiger partial charge in [0.15, 0.2) is 5.82 Å². The van der Waals surface area contributed by atoms with Gasteiger partial charge in [0.05, 0.1) is 23.7 Å². The Balaban J connectivity index is 1.02. The fourth-order valence-corrected chi connectivity index (χ4v) is 8.05. The molecule has 12 heteroatoms. The largest absolute Gasteiger partial charge is 0.378 e. The molecule has 3 aromatic rings. The zero-order valence-electron chi connectivity index (χ0n) is 23.7. The number of piperidine rings is 1. The normalized spacial score (nSPS) is 23.1. The second-order valence-corrected chi connectivity index (χ2v) is 12.8. The molecule has 11 nitrogen and oxygen atoms in total. The van der Waals surface area contributed by atoms with Crippen molar-refractivity contribution in [3.8, 4) is 0 Å². The minimum absolute atomic E-state index is 0.00595. The maximum absolute atomic E-state index is 13.2. The van der Waals surface area contributed by atoms with Crippen LogP contribution >= 0.6 is 11.3 Å². The van der Waals surface area contributed by atoms with E-state index in [-0.39, 0.29) is 23.4 Å². The number of hydrogen-bond donors (Lipinski definition) is 2. The van der Waals surface area contributed by atoms with E-state index in [1.54, 1.807) is 41.5 Å². The van der Waals surface area contributed by atoms with E-state index in [2.05, 4.69) is 31.7 Å². The van der Waals surface area contributed by atoms with Crippen molar-refractivity contribution in [1.82, 2.24) is 25.0 Å². The fourth-order valence-electron chi connectivity index (χ4n) is 6.75. The number of aryl methyl sites for hydroxylation is 1. The van der Waals surface area contributed by atoms with Crippen LogP contribution in [-0.4, -0.2) is 76.9 Å². The number of ether oxygens (including phenoxy) is 1. The summed E-state index contributed by atoms with van der Waals surface area (Å²) in [4.78, 5) is 49.4. The molecule has 5 heterocycles. The molecule has 2 saturated heterocycles. The van der Waals surface area contributed by atoms with Gasteiger partial charge in [-0.05, 0) is 67.7 Å². The fraction of sp³-hybridized carbons (Fsp3) is 0.500. The standard InChI is InChI=1S/C30H35N7O4S/c1-35-30(40)23(33-25-7-6-20(16-31-25)29(39)36-9-11-41-12-10-36)15-26(34-35)37-8-2-3-21(17-37)32-28(38)24-14-22-18-4-5-19(13-18)27(22)42-24/h6-7,14-16,18-19,21H,2-5,8-13,17H2,1H3,(H,31,33)(H,32,38)/t18-,19+,21+/m0/s1. The molecule has 3 atom stereocenters. The van der Waals surface area contributed by atoms with Crippen molar-refractivity contribution in [1.29, 1.82) is 0 Å². The van der Waals surface area contributed by atoms with Crippen molar-refractivity contribution >= 4 is 40.5 Å². The number of carbonyl (C=O) groups is 2. The van der Waals surface area contributed by atoms with Gasteiger partial charge in [-0.25, -0.2) is 9.67 Å². The van der Waals surface area contributed by atoms with Crippen LogP contribution in [0.4, 0.5) is 17.3 Å². The van der Waals surface area contributed by atoms with Gasteiger partial charge in [0, 0.05) is 56.4 Å². The monoisotopic (exact) mass is 589 g/mol. The van der Waals surface area contributed by atoms with Crippen molar-refractivity contribution in [2.24, 2.45) is 7.05 Å². The lowest BCUT2D eigenvalue weighted by Crippen LogP contribution is -2.48. The van der Waals surface area contributed by atoms with Crippen molar-refractivity contribution < 1.29 is 14.3 Å². The second-order valence-electron chi connectivity index (χ2n) is 11.7. The predicted molar refractivity (Wildman–Crippen MR) is 160 cm³/mol. The molecular weight excluding hydrogens is 554 g/mol. The predicted octanol–water partition coefficient (Wildman–Crippen LogP) is 3.22. The van der Waals surface area contributed by atoms with Crippen molar-refractivity contribution in [3.63, 3.8) is 0 Å². The highest BCUT2D eigenvalue weighted by Gasteiger charge is 2.39. The van der Waals surface area contributed by atoms with E-state index in [1.807, 2.05) is 0 Å². The number of morpholine rings is 1. The Hall–Kier alpha value is -3.77. The Kier molecular flexibility index (Phi) is 7.19. The highest BCUT2D eigenvalue weighted by Crippen LogP contribution is 2.55. The highest BCUT2D eigenvalue weighted by atomic mass is 32.1. The maximum Gasteiger partial charge on any atom is 0.290 e. The van der Waals surface area contributed by atoms with E-state index in [0.29, 0.717) is 67.6 Å². The third kappa shape index (κ3) is 5.17. The van der Waals surface area contributed by atoms with Gasteiger partial charge in [-0.2, -0.15) is 5.10 Å². The van der Waals surface area contributed by atoms with Crippen LogP contribution in [0.3, 0.4) is 0 Å². The molecule has 2 N–H and O–H groups in total. The molecular formula is C30H35N7O4S. The van der Waals surface area contributed by atoms with Gasteiger partial charge in [0.1, 0.15) is 11.5 Å². The van der Waals surface area contributed by atoms with Crippen LogP contribution in [0.5, 0.6) is 0 Å². The molecule has 2 amide bonds. The molecule has 2 bridgehead atoms. The number of pyridine rings is 1. The summed E-state index contributed by atoms with van der Waals surface area (Å²) in [7, 11) is 1.63. The van der Waals surface area contributed by atoms with Gasteiger partial charge >= 0.3 is 0 Å². The summed E-state index contributed by atoms with van der Waals surface area (Å²) in [5, 5.41) is 10.9. The minimum Gasteiger partial charge on any atom is -0.378 e.